The maximum Gasteiger partial charge on any atom is 1.00 e. The van der Waals surface area contributed by atoms with E-state index in [4.69, 9.17) is 10.3 Å². The van der Waals surface area contributed by atoms with Gasteiger partial charge in [-0.25, -0.2) is 9.29 Å². The molecule has 1 aliphatic heterocycles. The Hall–Kier alpha value is -1.51. The Morgan fingerprint density at radius 2 is 2.32 bits per heavy atom. The topological polar surface area (TPSA) is 164 Å². The first-order valence-electron chi connectivity index (χ1n) is 6.27. The number of oxime groups is 1. The van der Waals surface area contributed by atoms with Crippen LogP contribution in [-0.2, 0) is 24.7 Å². The number of nitrogens with zero attached hydrogens (tertiary/aromatic N) is 3. The zero-order valence-electron chi connectivity index (χ0n) is 14.2. The summed E-state index contributed by atoms with van der Waals surface area (Å²) in [6, 6.07) is -2.35. The maximum absolute atomic E-state index is 12.3. The minimum Gasteiger partial charge on any atom is -1.00 e. The second-order valence-corrected chi connectivity index (χ2v) is 6.66. The van der Waals surface area contributed by atoms with Crippen LogP contribution in [0.5, 0.6) is 0 Å². The van der Waals surface area contributed by atoms with Crippen molar-refractivity contribution in [3.63, 3.8) is 0 Å². The summed E-state index contributed by atoms with van der Waals surface area (Å²) in [4.78, 5) is 32.6. The van der Waals surface area contributed by atoms with Crippen molar-refractivity contribution in [2.45, 2.75) is 12.1 Å². The number of thiazole rings is 1. The van der Waals surface area contributed by atoms with Gasteiger partial charge in [-0.3, -0.25) is 14.1 Å². The first-order chi connectivity index (χ1) is 11.2. The van der Waals surface area contributed by atoms with Crippen LogP contribution in [0.2, 0.25) is 0 Å². The number of amides is 2. The van der Waals surface area contributed by atoms with Crippen molar-refractivity contribution < 1.29 is 58.4 Å². The van der Waals surface area contributed by atoms with E-state index in [1.807, 2.05) is 0 Å². The van der Waals surface area contributed by atoms with E-state index >= 15 is 0 Å². The van der Waals surface area contributed by atoms with Crippen LogP contribution in [0.25, 0.3) is 0 Å². The normalized spacial score (nSPS) is 20.3. The number of carbonyl (C=O) groups excluding carboxylic acids is 2. The Morgan fingerprint density at radius 1 is 1.68 bits per heavy atom. The van der Waals surface area contributed by atoms with Gasteiger partial charge in [-0.1, -0.05) is 11.2 Å². The van der Waals surface area contributed by atoms with E-state index in [9.17, 15) is 18.0 Å². The first-order valence-corrected chi connectivity index (χ1v) is 8.55. The molecule has 0 unspecified atom stereocenters. The van der Waals surface area contributed by atoms with Crippen LogP contribution in [0.4, 0.5) is 5.13 Å². The largest absolute Gasteiger partial charge is 1.00 e. The third kappa shape index (κ3) is 4.37. The zero-order chi connectivity index (χ0) is 18.1. The predicted molar refractivity (Wildman–Crippen MR) is 85.5 cm³/mol. The number of nitrogens with one attached hydrogen (secondary N) is 1. The molecule has 1 aliphatic rings. The van der Waals surface area contributed by atoms with Gasteiger partial charge in [-0.05, 0) is 0 Å². The number of nitrogen functional groups attached to an aromatic ring is 1. The average molecular weight is 399 g/mol. The van der Waals surface area contributed by atoms with Crippen LogP contribution in [0.3, 0.4) is 0 Å². The minimum absolute atomic E-state index is 0. The molecule has 0 aliphatic carbocycles. The first kappa shape index (κ1) is 21.5. The van der Waals surface area contributed by atoms with Gasteiger partial charge in [0.1, 0.15) is 18.8 Å². The molecule has 1 aromatic rings. The zero-order valence-corrected chi connectivity index (χ0v) is 16.9. The Kier molecular flexibility index (Phi) is 7.10. The summed E-state index contributed by atoms with van der Waals surface area (Å²) in [7, 11) is -3.53. The molecule has 14 heteroatoms. The van der Waals surface area contributed by atoms with Gasteiger partial charge in [0.2, 0.25) is 0 Å². The molecular formula is C11H14N5NaO6S2. The van der Waals surface area contributed by atoms with Gasteiger partial charge in [0.25, 0.3) is 11.8 Å². The standard InChI is InChI=1S/C11H13N5O6S2.Na.H/c1-3-6-8(10(18)16(6)24(19,20)21)14-9(17)7(15-22-2)5-4-23-11(12)13-5;;/h3-4,6,8H,1H2,2H3,(H2,12,13)(H,14,17)(H,19,20,21);;/q;+1;-1/b15-7-;;/t6-,8+;;/m1../s1. The fourth-order valence-corrected chi connectivity index (χ4v) is 3.44. The molecule has 0 bridgehead atoms. The molecule has 2 heterocycles. The quantitative estimate of drug-likeness (QED) is 0.108. The van der Waals surface area contributed by atoms with Gasteiger partial charge >= 0.3 is 39.9 Å². The second kappa shape index (κ2) is 8.25. The number of rotatable bonds is 6. The molecule has 1 saturated heterocycles. The van der Waals surface area contributed by atoms with Crippen LogP contribution in [0.15, 0.2) is 23.2 Å². The van der Waals surface area contributed by atoms with Crippen molar-refractivity contribution in [1.29, 1.82) is 0 Å². The molecule has 2 amide bonds. The Balaban J connectivity index is 0.00000312. The maximum atomic E-state index is 12.3. The summed E-state index contributed by atoms with van der Waals surface area (Å²) in [6.45, 7) is 3.38. The van der Waals surface area contributed by atoms with Gasteiger partial charge in [0, 0.05) is 5.38 Å². The number of aromatic nitrogens is 1. The number of hydrogen-bond donors (Lipinski definition) is 3. The van der Waals surface area contributed by atoms with E-state index in [1.165, 1.54) is 12.5 Å². The Morgan fingerprint density at radius 3 is 2.76 bits per heavy atom. The Labute approximate surface area is 170 Å². The van der Waals surface area contributed by atoms with Gasteiger partial charge in [0.05, 0.1) is 6.04 Å². The SMILES string of the molecule is C=C[C@@H]1[C@H](NC(=O)/C(=N\OC)c2csc(N)n2)C(=O)N1S(=O)(=O)O.[H-].[Na+]. The van der Waals surface area contributed by atoms with Crippen LogP contribution >= 0.6 is 11.3 Å². The summed E-state index contributed by atoms with van der Waals surface area (Å²) >= 11 is 1.07. The van der Waals surface area contributed by atoms with E-state index < -0.39 is 34.2 Å². The number of hydrogen-bond acceptors (Lipinski definition) is 9. The van der Waals surface area contributed by atoms with Crippen LogP contribution in [-0.4, -0.2) is 59.0 Å². The molecule has 0 aromatic carbocycles. The molecule has 0 spiro atoms. The van der Waals surface area contributed by atoms with Crippen molar-refractivity contribution in [2.24, 2.45) is 5.16 Å². The molecule has 132 valence electrons. The van der Waals surface area contributed by atoms with Crippen molar-refractivity contribution >= 4 is 44.3 Å². The summed E-state index contributed by atoms with van der Waals surface area (Å²) in [5.74, 6) is -1.84. The minimum atomic E-state index is -4.75. The van der Waals surface area contributed by atoms with Crippen LogP contribution < -0.4 is 40.6 Å². The molecular weight excluding hydrogens is 385 g/mol. The molecule has 2 rings (SSSR count). The van der Waals surface area contributed by atoms with Crippen molar-refractivity contribution in [1.82, 2.24) is 14.6 Å². The number of nitrogens with two attached hydrogens (primary N) is 1. The number of carbonyl (C=O) groups is 2. The smallest absolute Gasteiger partial charge is 1.00 e. The third-order valence-electron chi connectivity index (χ3n) is 3.03. The van der Waals surface area contributed by atoms with Gasteiger partial charge in [-0.15, -0.1) is 17.9 Å². The predicted octanol–water partition coefficient (Wildman–Crippen LogP) is -4.12. The molecule has 4 N–H and O–H groups in total. The van der Waals surface area contributed by atoms with E-state index in [0.717, 1.165) is 17.4 Å². The van der Waals surface area contributed by atoms with Crippen molar-refractivity contribution in [3.05, 3.63) is 23.7 Å². The van der Waals surface area contributed by atoms with Gasteiger partial charge in [0.15, 0.2) is 10.8 Å². The van der Waals surface area contributed by atoms with Crippen LogP contribution in [0, 0.1) is 0 Å². The molecule has 1 fully saturated rings. The van der Waals surface area contributed by atoms with E-state index in [2.05, 4.69) is 26.9 Å². The molecule has 11 nitrogen and oxygen atoms in total. The van der Waals surface area contributed by atoms with E-state index in [1.54, 1.807) is 0 Å². The number of β-lactam (4-membered cyclic amide) rings is 1. The fraction of sp³-hybridized carbons (Fsp3) is 0.273. The number of anilines is 1. The van der Waals surface area contributed by atoms with Gasteiger partial charge < -0.3 is 17.3 Å². The molecule has 0 radical (unpaired) electrons. The summed E-state index contributed by atoms with van der Waals surface area (Å²) in [5, 5.41) is 7.50. The summed E-state index contributed by atoms with van der Waals surface area (Å²) in [5.41, 5.74) is 5.38. The summed E-state index contributed by atoms with van der Waals surface area (Å²) < 4.78 is 31.4. The van der Waals surface area contributed by atoms with Crippen LogP contribution in [0.1, 0.15) is 7.12 Å². The monoisotopic (exact) mass is 399 g/mol. The van der Waals surface area contributed by atoms with Crippen molar-refractivity contribution in [2.75, 3.05) is 12.8 Å². The molecule has 25 heavy (non-hydrogen) atoms. The average Bonchev–Trinajstić information content (AvgIpc) is 2.91. The van der Waals surface area contributed by atoms with Gasteiger partial charge in [-0.2, -0.15) is 8.42 Å². The van der Waals surface area contributed by atoms with Crippen molar-refractivity contribution in [3.8, 4) is 0 Å². The second-order valence-electron chi connectivity index (χ2n) is 4.48. The third-order valence-corrected chi connectivity index (χ3v) is 4.63. The van der Waals surface area contributed by atoms with E-state index in [-0.39, 0.29) is 51.8 Å². The van der Waals surface area contributed by atoms with E-state index in [0.29, 0.717) is 0 Å². The molecule has 0 saturated carbocycles. The Bertz CT molecular complexity index is 829. The molecule has 2 atom stereocenters. The summed E-state index contributed by atoms with van der Waals surface area (Å²) in [6.07, 6.45) is 1.11. The fourth-order valence-electron chi connectivity index (χ4n) is 2.03. The molecule has 1 aromatic heterocycles.